The summed E-state index contributed by atoms with van der Waals surface area (Å²) in [5.74, 6) is 0. The fourth-order valence-electron chi connectivity index (χ4n) is 6.43. The predicted octanol–water partition coefficient (Wildman–Crippen LogP) is 10.9. The second-order valence-electron chi connectivity index (χ2n) is 10.9. The van der Waals surface area contributed by atoms with E-state index in [2.05, 4.69) is 83.4 Å². The predicted molar refractivity (Wildman–Crippen MR) is 181 cm³/mol. The van der Waals surface area contributed by atoms with Crippen LogP contribution < -0.4 is 0 Å². The van der Waals surface area contributed by atoms with Crippen LogP contribution in [0.1, 0.15) is 6.85 Å². The van der Waals surface area contributed by atoms with Gasteiger partial charge in [0, 0.05) is 17.3 Å². The number of nitrogens with zero attached hydrogens (tertiary/aromatic N) is 2. The van der Waals surface area contributed by atoms with E-state index < -0.39 is 0 Å². The Labute approximate surface area is 256 Å². The van der Waals surface area contributed by atoms with Gasteiger partial charge in [-0.15, -0.1) is 0 Å². The van der Waals surface area contributed by atoms with Gasteiger partial charge in [-0.25, -0.2) is 4.98 Å². The summed E-state index contributed by atoms with van der Waals surface area (Å²) in [4.78, 5) is 4.98. The van der Waals surface area contributed by atoms with E-state index in [1.807, 2.05) is 48.5 Å². The van der Waals surface area contributed by atoms with E-state index in [0.29, 0.717) is 5.56 Å². The molecule has 0 bridgehead atoms. The third kappa shape index (κ3) is 3.84. The van der Waals surface area contributed by atoms with E-state index in [4.69, 9.17) is 11.8 Å². The molecule has 200 valence electrons. The molecule has 2 nitrogen and oxygen atoms in total. The first-order chi connectivity index (χ1) is 23.4. The van der Waals surface area contributed by atoms with Gasteiger partial charge < -0.3 is 0 Å². The minimum Gasteiger partial charge on any atom is -0.299 e. The molecule has 2 heterocycles. The highest BCUT2D eigenvalue weighted by atomic mass is 15.0. The van der Waals surface area contributed by atoms with E-state index in [0.717, 1.165) is 71.6 Å². The molecule has 0 N–H and O–H groups in total. The standard InChI is InChI=1S/C41H26N2/c1-3-9-27(10-4-1)35-23-31-18-20-33-25-36(26-34-21-19-32(24-35)38(31)39(33)34)28-14-16-30(17-15-28)41-40(29-11-5-2-6-12-29)42-37-13-7-8-22-43(37)41/h1-26H/i1D,3D,4D,9D,10D. The summed E-state index contributed by atoms with van der Waals surface area (Å²) in [5.41, 5.74) is 8.14. The number of rotatable bonds is 4. The summed E-state index contributed by atoms with van der Waals surface area (Å²) in [6.45, 7) is 0. The zero-order valence-corrected chi connectivity index (χ0v) is 23.0. The van der Waals surface area contributed by atoms with Crippen molar-refractivity contribution in [1.82, 2.24) is 9.38 Å². The molecule has 43 heavy (non-hydrogen) atoms. The largest absolute Gasteiger partial charge is 0.299 e. The van der Waals surface area contributed by atoms with Crippen molar-refractivity contribution in [2.45, 2.75) is 0 Å². The summed E-state index contributed by atoms with van der Waals surface area (Å²) in [6.07, 6.45) is 2.06. The number of hydrogen-bond acceptors (Lipinski definition) is 1. The Balaban J connectivity index is 1.15. The van der Waals surface area contributed by atoms with Crippen molar-refractivity contribution >= 4 is 38.0 Å². The van der Waals surface area contributed by atoms with E-state index in [-0.39, 0.29) is 35.8 Å². The maximum atomic E-state index is 8.50. The Morgan fingerprint density at radius 2 is 1.02 bits per heavy atom. The van der Waals surface area contributed by atoms with Gasteiger partial charge in [-0.1, -0.05) is 115 Å². The fourth-order valence-corrected chi connectivity index (χ4v) is 6.43. The lowest BCUT2D eigenvalue weighted by Gasteiger charge is -2.15. The first kappa shape index (κ1) is 19.4. The lowest BCUT2D eigenvalue weighted by atomic mass is 9.89. The Morgan fingerprint density at radius 1 is 0.465 bits per heavy atom. The zero-order valence-electron chi connectivity index (χ0n) is 28.0. The van der Waals surface area contributed by atoms with Gasteiger partial charge in [0.1, 0.15) is 5.65 Å². The van der Waals surface area contributed by atoms with Crippen LogP contribution in [0.4, 0.5) is 0 Å². The first-order valence-electron chi connectivity index (χ1n) is 16.8. The van der Waals surface area contributed by atoms with Gasteiger partial charge in [0.05, 0.1) is 18.2 Å². The van der Waals surface area contributed by atoms with Crippen molar-refractivity contribution in [3.8, 4) is 44.8 Å². The number of pyridine rings is 1. The molecule has 0 saturated heterocycles. The lowest BCUT2D eigenvalue weighted by Crippen LogP contribution is -1.90. The topological polar surface area (TPSA) is 17.3 Å². The van der Waals surface area contributed by atoms with Gasteiger partial charge in [-0.05, 0) is 91.0 Å². The molecular formula is C41H26N2. The van der Waals surface area contributed by atoms with E-state index in [9.17, 15) is 0 Å². The van der Waals surface area contributed by atoms with Crippen molar-refractivity contribution in [2.75, 3.05) is 0 Å². The smallest absolute Gasteiger partial charge is 0.137 e. The summed E-state index contributed by atoms with van der Waals surface area (Å²) in [5, 5.41) is 6.42. The number of fused-ring (bicyclic) bond motifs is 1. The molecule has 9 rings (SSSR count). The van der Waals surface area contributed by atoms with Gasteiger partial charge in [-0.3, -0.25) is 4.40 Å². The van der Waals surface area contributed by atoms with E-state index in [1.165, 1.54) is 0 Å². The molecule has 7 aromatic carbocycles. The Kier molecular flexibility index (Phi) is 4.24. The highest BCUT2D eigenvalue weighted by Gasteiger charge is 2.16. The zero-order chi connectivity index (χ0) is 32.7. The average molecular weight is 552 g/mol. The first-order valence-corrected chi connectivity index (χ1v) is 14.3. The van der Waals surface area contributed by atoms with Crippen LogP contribution in [0.25, 0.3) is 82.7 Å². The normalized spacial score (nSPS) is 13.3. The Morgan fingerprint density at radius 3 is 1.65 bits per heavy atom. The van der Waals surface area contributed by atoms with Gasteiger partial charge in [0.25, 0.3) is 0 Å². The molecule has 0 aliphatic carbocycles. The van der Waals surface area contributed by atoms with E-state index in [1.54, 1.807) is 0 Å². The van der Waals surface area contributed by atoms with E-state index >= 15 is 0 Å². The molecule has 0 radical (unpaired) electrons. The molecule has 9 aromatic rings. The van der Waals surface area contributed by atoms with Gasteiger partial charge in [-0.2, -0.15) is 0 Å². The van der Waals surface area contributed by atoms with Crippen LogP contribution in [0.5, 0.6) is 0 Å². The SMILES string of the molecule is [2H]c1c([2H])c([2H])c(-c2cc3ccc4cc(-c5ccc(-c6c(-c7ccccc7)nc7ccccn67)cc5)cc5ccc(c2)c3c45)c([2H])c1[2H]. The number of benzene rings is 7. The molecule has 2 aromatic heterocycles. The molecule has 0 aliphatic heterocycles. The third-order valence-corrected chi connectivity index (χ3v) is 8.39. The Bertz CT molecular complexity index is 2620. The minimum absolute atomic E-state index is 0.192. The second kappa shape index (κ2) is 9.40. The molecular weight excluding hydrogens is 520 g/mol. The number of hydrogen-bond donors (Lipinski definition) is 0. The minimum atomic E-state index is -0.385. The molecule has 0 spiro atoms. The molecule has 0 amide bonds. The van der Waals surface area contributed by atoms with Crippen molar-refractivity contribution in [3.63, 3.8) is 0 Å². The maximum absolute atomic E-state index is 8.50. The molecule has 2 heteroatoms. The fraction of sp³-hybridized carbons (Fsp3) is 0. The van der Waals surface area contributed by atoms with Crippen LogP contribution in [0.15, 0.2) is 158 Å². The molecule has 0 aliphatic rings. The van der Waals surface area contributed by atoms with Crippen LogP contribution in [0.3, 0.4) is 0 Å². The monoisotopic (exact) mass is 551 g/mol. The van der Waals surface area contributed by atoms with Crippen molar-refractivity contribution in [3.05, 3.63) is 158 Å². The van der Waals surface area contributed by atoms with Crippen molar-refractivity contribution < 1.29 is 6.85 Å². The van der Waals surface area contributed by atoms with Crippen molar-refractivity contribution in [1.29, 1.82) is 0 Å². The Hall–Kier alpha value is -5.73. The number of aromatic nitrogens is 2. The number of imidazole rings is 1. The lowest BCUT2D eigenvalue weighted by molar-refractivity contribution is 1.19. The molecule has 0 atom stereocenters. The van der Waals surface area contributed by atoms with Crippen LogP contribution in [-0.4, -0.2) is 9.38 Å². The highest BCUT2D eigenvalue weighted by Crippen LogP contribution is 2.40. The second-order valence-corrected chi connectivity index (χ2v) is 10.9. The maximum Gasteiger partial charge on any atom is 0.137 e. The average Bonchev–Trinajstić information content (AvgIpc) is 3.52. The highest BCUT2D eigenvalue weighted by molar-refractivity contribution is 6.24. The summed E-state index contributed by atoms with van der Waals surface area (Å²) in [7, 11) is 0. The van der Waals surface area contributed by atoms with Crippen LogP contribution in [-0.2, 0) is 0 Å². The summed E-state index contributed by atoms with van der Waals surface area (Å²) in [6, 6.07) is 40.3. The van der Waals surface area contributed by atoms with Crippen LogP contribution in [0.2, 0.25) is 0 Å². The van der Waals surface area contributed by atoms with Gasteiger partial charge in [0.15, 0.2) is 0 Å². The van der Waals surface area contributed by atoms with Crippen molar-refractivity contribution in [2.24, 2.45) is 0 Å². The van der Waals surface area contributed by atoms with Crippen LogP contribution >= 0.6 is 0 Å². The van der Waals surface area contributed by atoms with Crippen LogP contribution in [0, 0.1) is 0 Å². The molecule has 0 fully saturated rings. The molecule has 0 saturated carbocycles. The van der Waals surface area contributed by atoms with Gasteiger partial charge >= 0.3 is 0 Å². The summed E-state index contributed by atoms with van der Waals surface area (Å²) < 4.78 is 43.4. The summed E-state index contributed by atoms with van der Waals surface area (Å²) >= 11 is 0. The molecule has 0 unspecified atom stereocenters. The quantitative estimate of drug-likeness (QED) is 0.199. The van der Waals surface area contributed by atoms with Gasteiger partial charge in [0.2, 0.25) is 0 Å². The third-order valence-electron chi connectivity index (χ3n) is 8.39.